The zero-order valence-electron chi connectivity index (χ0n) is 13.5. The lowest BCUT2D eigenvalue weighted by Crippen LogP contribution is -2.26. The molecule has 0 radical (unpaired) electrons. The van der Waals surface area contributed by atoms with Crippen molar-refractivity contribution in [1.82, 2.24) is 4.90 Å². The first kappa shape index (κ1) is 20.8. The lowest BCUT2D eigenvalue weighted by molar-refractivity contribution is -0.144. The molecule has 0 rings (SSSR count). The lowest BCUT2D eigenvalue weighted by Gasteiger charge is -2.15. The van der Waals surface area contributed by atoms with Crippen LogP contribution in [0.1, 0.15) is 38.5 Å². The summed E-state index contributed by atoms with van der Waals surface area (Å²) in [5.74, 6) is -0.535. The molecule has 0 saturated carbocycles. The summed E-state index contributed by atoms with van der Waals surface area (Å²) in [5, 5.41) is 17.2. The fraction of sp³-hybridized carbons (Fsp3) is 0.867. The number of rotatable bonds is 14. The van der Waals surface area contributed by atoms with Gasteiger partial charge in [-0.1, -0.05) is 0 Å². The summed E-state index contributed by atoms with van der Waals surface area (Å²) >= 11 is 0. The molecular weight excluding hydrogens is 290 g/mol. The van der Waals surface area contributed by atoms with E-state index in [-0.39, 0.29) is 38.0 Å². The predicted octanol–water partition coefficient (Wildman–Crippen LogP) is 0.330. The van der Waals surface area contributed by atoms with Crippen LogP contribution >= 0.6 is 0 Å². The Labute approximate surface area is 132 Å². The number of ether oxygens (including phenoxy) is 2. The second kappa shape index (κ2) is 14.7. The summed E-state index contributed by atoms with van der Waals surface area (Å²) < 4.78 is 10.0. The van der Waals surface area contributed by atoms with E-state index < -0.39 is 0 Å². The van der Waals surface area contributed by atoms with Gasteiger partial charge in [0.05, 0.1) is 26.1 Å². The highest BCUT2D eigenvalue weighted by Crippen LogP contribution is 1.97. The monoisotopic (exact) mass is 319 g/mol. The Hall–Kier alpha value is -1.18. The second-order valence-electron chi connectivity index (χ2n) is 5.11. The van der Waals surface area contributed by atoms with Crippen molar-refractivity contribution in [1.29, 1.82) is 0 Å². The Balaban J connectivity index is 3.53. The maximum atomic E-state index is 11.4. The van der Waals surface area contributed by atoms with Gasteiger partial charge in [-0.05, 0) is 32.7 Å². The van der Waals surface area contributed by atoms with Crippen LogP contribution in [0.4, 0.5) is 0 Å². The maximum absolute atomic E-state index is 11.4. The van der Waals surface area contributed by atoms with Crippen LogP contribution in [0.5, 0.6) is 0 Å². The molecule has 0 heterocycles. The van der Waals surface area contributed by atoms with Gasteiger partial charge in [-0.2, -0.15) is 0 Å². The van der Waals surface area contributed by atoms with Crippen LogP contribution < -0.4 is 0 Å². The summed E-state index contributed by atoms with van der Waals surface area (Å²) in [7, 11) is 1.83. The molecule has 0 spiro atoms. The van der Waals surface area contributed by atoms with Crippen LogP contribution in [0.3, 0.4) is 0 Å². The van der Waals surface area contributed by atoms with Crippen molar-refractivity contribution in [2.75, 3.05) is 46.6 Å². The van der Waals surface area contributed by atoms with E-state index in [4.69, 9.17) is 19.7 Å². The van der Waals surface area contributed by atoms with E-state index in [9.17, 15) is 9.59 Å². The number of carbonyl (C=O) groups is 2. The highest BCUT2D eigenvalue weighted by atomic mass is 16.5. The number of aliphatic hydroxyl groups is 2. The van der Waals surface area contributed by atoms with Crippen molar-refractivity contribution in [2.24, 2.45) is 0 Å². The smallest absolute Gasteiger partial charge is 0.307 e. The van der Waals surface area contributed by atoms with Crippen LogP contribution in [0.2, 0.25) is 0 Å². The molecule has 0 fully saturated rings. The van der Waals surface area contributed by atoms with E-state index in [0.717, 1.165) is 0 Å². The molecule has 0 unspecified atom stereocenters. The lowest BCUT2D eigenvalue weighted by atomic mass is 10.3. The molecule has 0 aromatic heterocycles. The van der Waals surface area contributed by atoms with Crippen LogP contribution in [0, 0.1) is 0 Å². The molecule has 7 heteroatoms. The van der Waals surface area contributed by atoms with Gasteiger partial charge >= 0.3 is 11.9 Å². The molecule has 0 saturated heterocycles. The van der Waals surface area contributed by atoms with E-state index in [1.807, 2.05) is 11.9 Å². The Morgan fingerprint density at radius 3 is 1.59 bits per heavy atom. The first-order valence-corrected chi connectivity index (χ1v) is 7.81. The summed E-state index contributed by atoms with van der Waals surface area (Å²) in [6, 6.07) is 0. The number of carbonyl (C=O) groups excluding carboxylic acids is 2. The number of esters is 2. The zero-order chi connectivity index (χ0) is 16.6. The molecule has 0 amide bonds. The number of hydrogen-bond donors (Lipinski definition) is 2. The van der Waals surface area contributed by atoms with Gasteiger partial charge in [-0.15, -0.1) is 0 Å². The summed E-state index contributed by atoms with van der Waals surface area (Å²) in [6.07, 6.45) is 3.16. The van der Waals surface area contributed by atoms with Crippen molar-refractivity contribution in [3.05, 3.63) is 0 Å². The molecule has 0 aromatic rings. The van der Waals surface area contributed by atoms with Crippen molar-refractivity contribution in [3.8, 4) is 0 Å². The molecule has 0 aliphatic rings. The van der Waals surface area contributed by atoms with Crippen molar-refractivity contribution in [2.45, 2.75) is 38.5 Å². The molecule has 0 aliphatic heterocycles. The first-order valence-electron chi connectivity index (χ1n) is 7.81. The third kappa shape index (κ3) is 13.8. The van der Waals surface area contributed by atoms with Crippen molar-refractivity contribution >= 4 is 11.9 Å². The quantitative estimate of drug-likeness (QED) is 0.352. The minimum absolute atomic E-state index is 0.108. The van der Waals surface area contributed by atoms with Gasteiger partial charge in [0, 0.05) is 26.3 Å². The number of nitrogens with zero attached hydrogens (tertiary/aromatic N) is 1. The van der Waals surface area contributed by atoms with Gasteiger partial charge in [-0.3, -0.25) is 9.59 Å². The molecule has 0 aromatic carbocycles. The highest BCUT2D eigenvalue weighted by molar-refractivity contribution is 5.70. The van der Waals surface area contributed by atoms with Crippen molar-refractivity contribution < 1.29 is 29.3 Å². The van der Waals surface area contributed by atoms with E-state index in [0.29, 0.717) is 52.0 Å². The first-order chi connectivity index (χ1) is 10.6. The van der Waals surface area contributed by atoms with Crippen molar-refractivity contribution in [3.63, 3.8) is 0 Å². The highest BCUT2D eigenvalue weighted by Gasteiger charge is 2.08. The average Bonchev–Trinajstić information content (AvgIpc) is 2.51. The molecule has 7 nitrogen and oxygen atoms in total. The SMILES string of the molecule is CN(CCC(=O)OCCCCO)CCC(=O)OCCCCO. The molecule has 0 bridgehead atoms. The molecule has 2 N–H and O–H groups in total. The van der Waals surface area contributed by atoms with Gasteiger partial charge in [0.2, 0.25) is 0 Å². The fourth-order valence-corrected chi connectivity index (χ4v) is 1.62. The minimum atomic E-state index is -0.267. The Morgan fingerprint density at radius 2 is 1.23 bits per heavy atom. The maximum Gasteiger partial charge on any atom is 0.307 e. The van der Waals surface area contributed by atoms with Crippen LogP contribution in [-0.2, 0) is 19.1 Å². The standard InChI is InChI=1S/C15H29NO6/c1-16(8-6-14(19)21-12-4-2-10-17)9-7-15(20)22-13-5-3-11-18/h17-18H,2-13H2,1H3. The molecular formula is C15H29NO6. The second-order valence-corrected chi connectivity index (χ2v) is 5.11. The zero-order valence-corrected chi connectivity index (χ0v) is 13.5. The summed E-state index contributed by atoms with van der Waals surface area (Å²) in [6.45, 7) is 1.94. The third-order valence-corrected chi connectivity index (χ3v) is 3.03. The van der Waals surface area contributed by atoms with Crippen LogP contribution in [0.25, 0.3) is 0 Å². The van der Waals surface area contributed by atoms with Crippen LogP contribution in [0.15, 0.2) is 0 Å². The van der Waals surface area contributed by atoms with Gasteiger partial charge in [0.25, 0.3) is 0 Å². The minimum Gasteiger partial charge on any atom is -0.466 e. The Kier molecular flexibility index (Phi) is 14.0. The van der Waals surface area contributed by atoms with Gasteiger partial charge in [0.15, 0.2) is 0 Å². The third-order valence-electron chi connectivity index (χ3n) is 3.03. The molecule has 0 atom stereocenters. The summed E-state index contributed by atoms with van der Waals surface area (Å²) in [5.41, 5.74) is 0. The topological polar surface area (TPSA) is 96.3 Å². The number of hydrogen-bond acceptors (Lipinski definition) is 7. The van der Waals surface area contributed by atoms with E-state index in [1.165, 1.54) is 0 Å². The van der Waals surface area contributed by atoms with Gasteiger partial charge < -0.3 is 24.6 Å². The molecule has 130 valence electrons. The Bertz CT molecular complexity index is 270. The average molecular weight is 319 g/mol. The number of unbranched alkanes of at least 4 members (excludes halogenated alkanes) is 2. The predicted molar refractivity (Wildman–Crippen MR) is 81.3 cm³/mol. The van der Waals surface area contributed by atoms with Gasteiger partial charge in [-0.25, -0.2) is 0 Å². The van der Waals surface area contributed by atoms with Gasteiger partial charge in [0.1, 0.15) is 0 Å². The molecule has 22 heavy (non-hydrogen) atoms. The normalized spacial score (nSPS) is 10.7. The molecule has 0 aliphatic carbocycles. The van der Waals surface area contributed by atoms with E-state index >= 15 is 0 Å². The summed E-state index contributed by atoms with van der Waals surface area (Å²) in [4.78, 5) is 24.7. The largest absolute Gasteiger partial charge is 0.466 e. The Morgan fingerprint density at radius 1 is 0.818 bits per heavy atom. The van der Waals surface area contributed by atoms with E-state index in [2.05, 4.69) is 0 Å². The number of aliphatic hydroxyl groups excluding tert-OH is 2. The van der Waals surface area contributed by atoms with Crippen LogP contribution in [-0.4, -0.2) is 73.6 Å². The van der Waals surface area contributed by atoms with E-state index in [1.54, 1.807) is 0 Å². The fourth-order valence-electron chi connectivity index (χ4n) is 1.62.